The predicted molar refractivity (Wildman–Crippen MR) is 88.5 cm³/mol. The molecule has 4 nitrogen and oxygen atoms in total. The number of halogens is 1. The molecule has 0 saturated carbocycles. The molecule has 1 aromatic carbocycles. The number of hydrogen-bond donors (Lipinski definition) is 1. The summed E-state index contributed by atoms with van der Waals surface area (Å²) in [6.45, 7) is 7.19. The van der Waals surface area contributed by atoms with Crippen molar-refractivity contribution in [2.75, 3.05) is 38.7 Å². The smallest absolute Gasteiger partial charge is 0.253 e. The number of nitrogens with zero attached hydrogens (tertiary/aromatic N) is 1. The van der Waals surface area contributed by atoms with Gasteiger partial charge in [-0.25, -0.2) is 0 Å². The predicted octanol–water partition coefficient (Wildman–Crippen LogP) is 2.82. The van der Waals surface area contributed by atoms with Crippen molar-refractivity contribution in [3.8, 4) is 0 Å². The van der Waals surface area contributed by atoms with Crippen LogP contribution in [0.2, 0.25) is 0 Å². The molecule has 0 atom stereocenters. The van der Waals surface area contributed by atoms with Gasteiger partial charge in [-0.05, 0) is 36.1 Å². The molecule has 1 aliphatic rings. The lowest BCUT2D eigenvalue weighted by Gasteiger charge is -2.24. The van der Waals surface area contributed by atoms with Gasteiger partial charge in [0.25, 0.3) is 5.91 Å². The lowest BCUT2D eigenvalue weighted by atomic mass is 10.1. The molecular formula is C16H25ClN2O2. The summed E-state index contributed by atoms with van der Waals surface area (Å²) in [5, 5.41) is 3.32. The van der Waals surface area contributed by atoms with E-state index in [4.69, 9.17) is 4.74 Å². The number of anilines is 1. The van der Waals surface area contributed by atoms with E-state index >= 15 is 0 Å². The number of carbonyl (C=O) groups is 1. The number of methoxy groups -OCH3 is 1. The molecule has 0 saturated heterocycles. The second-order valence-corrected chi connectivity index (χ2v) is 5.69. The van der Waals surface area contributed by atoms with E-state index in [1.165, 1.54) is 5.56 Å². The SMILES string of the molecule is COCCN(CC(C)C)C(=O)c1ccc2c(c1)CCN2.Cl. The van der Waals surface area contributed by atoms with E-state index < -0.39 is 0 Å². The second-order valence-electron chi connectivity index (χ2n) is 5.69. The monoisotopic (exact) mass is 312 g/mol. The molecular weight excluding hydrogens is 288 g/mol. The second kappa shape index (κ2) is 8.25. The minimum Gasteiger partial charge on any atom is -0.384 e. The fraction of sp³-hybridized carbons (Fsp3) is 0.562. The van der Waals surface area contributed by atoms with E-state index in [0.717, 1.165) is 30.8 Å². The highest BCUT2D eigenvalue weighted by atomic mass is 35.5. The Balaban J connectivity index is 0.00000220. The number of amides is 1. The average molecular weight is 313 g/mol. The molecule has 1 aromatic rings. The van der Waals surface area contributed by atoms with Crippen molar-refractivity contribution < 1.29 is 9.53 Å². The first-order valence-corrected chi connectivity index (χ1v) is 7.27. The van der Waals surface area contributed by atoms with Gasteiger partial charge in [0, 0.05) is 38.0 Å². The van der Waals surface area contributed by atoms with Crippen LogP contribution >= 0.6 is 12.4 Å². The van der Waals surface area contributed by atoms with Gasteiger partial charge in [-0.1, -0.05) is 13.8 Å². The maximum Gasteiger partial charge on any atom is 0.253 e. The summed E-state index contributed by atoms with van der Waals surface area (Å²) >= 11 is 0. The zero-order valence-electron chi connectivity index (χ0n) is 13.0. The summed E-state index contributed by atoms with van der Waals surface area (Å²) in [7, 11) is 1.67. The molecule has 0 bridgehead atoms. The molecule has 1 aliphatic heterocycles. The van der Waals surface area contributed by atoms with Gasteiger partial charge in [0.1, 0.15) is 0 Å². The van der Waals surface area contributed by atoms with Crippen LogP contribution < -0.4 is 5.32 Å². The maximum absolute atomic E-state index is 12.6. The van der Waals surface area contributed by atoms with Crippen molar-refractivity contribution in [2.45, 2.75) is 20.3 Å². The summed E-state index contributed by atoms with van der Waals surface area (Å²) in [4.78, 5) is 14.5. The number of rotatable bonds is 6. The molecule has 1 N–H and O–H groups in total. The Morgan fingerprint density at radius 2 is 2.19 bits per heavy atom. The van der Waals surface area contributed by atoms with E-state index in [0.29, 0.717) is 19.1 Å². The molecule has 0 spiro atoms. The summed E-state index contributed by atoms with van der Waals surface area (Å²) in [5.74, 6) is 0.553. The van der Waals surface area contributed by atoms with Crippen LogP contribution in [0.3, 0.4) is 0 Å². The summed E-state index contributed by atoms with van der Waals surface area (Å²) in [5.41, 5.74) is 3.19. The standard InChI is InChI=1S/C16H24N2O2.ClH/c1-12(2)11-18(8-9-20-3)16(19)14-4-5-15-13(10-14)6-7-17-15;/h4-5,10,12,17H,6-9,11H2,1-3H3;1H. The van der Waals surface area contributed by atoms with Gasteiger partial charge in [0.2, 0.25) is 0 Å². The van der Waals surface area contributed by atoms with Gasteiger partial charge in [-0.15, -0.1) is 12.4 Å². The number of carbonyl (C=O) groups excluding carboxylic acids is 1. The first-order chi connectivity index (χ1) is 9.61. The van der Waals surface area contributed by atoms with Crippen molar-refractivity contribution in [3.05, 3.63) is 29.3 Å². The molecule has 21 heavy (non-hydrogen) atoms. The molecule has 0 aromatic heterocycles. The third-order valence-corrected chi connectivity index (χ3v) is 3.50. The average Bonchev–Trinajstić information content (AvgIpc) is 2.89. The van der Waals surface area contributed by atoms with Gasteiger partial charge in [0.15, 0.2) is 0 Å². The van der Waals surface area contributed by atoms with Crippen molar-refractivity contribution in [1.82, 2.24) is 4.90 Å². The first-order valence-electron chi connectivity index (χ1n) is 7.27. The van der Waals surface area contributed by atoms with E-state index in [9.17, 15) is 4.79 Å². The van der Waals surface area contributed by atoms with Crippen molar-refractivity contribution >= 4 is 24.0 Å². The Kier molecular flexibility index (Phi) is 6.99. The van der Waals surface area contributed by atoms with E-state index in [1.54, 1.807) is 7.11 Å². The molecule has 0 aliphatic carbocycles. The van der Waals surface area contributed by atoms with E-state index in [-0.39, 0.29) is 18.3 Å². The molecule has 1 heterocycles. The topological polar surface area (TPSA) is 41.6 Å². The Bertz CT molecular complexity index is 477. The summed E-state index contributed by atoms with van der Waals surface area (Å²) in [6, 6.07) is 5.96. The van der Waals surface area contributed by atoms with Crippen LogP contribution in [-0.4, -0.2) is 44.2 Å². The number of fused-ring (bicyclic) bond motifs is 1. The maximum atomic E-state index is 12.6. The molecule has 118 valence electrons. The van der Waals surface area contributed by atoms with Gasteiger partial charge in [0.05, 0.1) is 6.61 Å². The van der Waals surface area contributed by atoms with Crippen molar-refractivity contribution in [3.63, 3.8) is 0 Å². The highest BCUT2D eigenvalue weighted by molar-refractivity contribution is 5.95. The van der Waals surface area contributed by atoms with Gasteiger partial charge >= 0.3 is 0 Å². The Morgan fingerprint density at radius 3 is 2.86 bits per heavy atom. The molecule has 2 rings (SSSR count). The number of nitrogens with one attached hydrogen (secondary N) is 1. The molecule has 0 fully saturated rings. The largest absolute Gasteiger partial charge is 0.384 e. The Labute approximate surface area is 133 Å². The van der Waals surface area contributed by atoms with E-state index in [2.05, 4.69) is 19.2 Å². The highest BCUT2D eigenvalue weighted by Gasteiger charge is 2.19. The Morgan fingerprint density at radius 1 is 1.43 bits per heavy atom. The lowest BCUT2D eigenvalue weighted by molar-refractivity contribution is 0.0672. The highest BCUT2D eigenvalue weighted by Crippen LogP contribution is 2.23. The van der Waals surface area contributed by atoms with Crippen LogP contribution in [-0.2, 0) is 11.2 Å². The van der Waals surface area contributed by atoms with E-state index in [1.807, 2.05) is 23.1 Å². The van der Waals surface area contributed by atoms with Crippen molar-refractivity contribution in [2.24, 2.45) is 5.92 Å². The van der Waals surface area contributed by atoms with Crippen LogP contribution in [0.25, 0.3) is 0 Å². The molecule has 5 heteroatoms. The molecule has 0 radical (unpaired) electrons. The fourth-order valence-electron chi connectivity index (χ4n) is 2.54. The lowest BCUT2D eigenvalue weighted by Crippen LogP contribution is -2.36. The Hall–Kier alpha value is -1.26. The zero-order valence-corrected chi connectivity index (χ0v) is 13.8. The minimum atomic E-state index is 0. The van der Waals surface area contributed by atoms with Crippen LogP contribution in [0.15, 0.2) is 18.2 Å². The number of ether oxygens (including phenoxy) is 1. The molecule has 1 amide bonds. The third kappa shape index (κ3) is 4.61. The normalized spacial score (nSPS) is 12.6. The van der Waals surface area contributed by atoms with Gasteiger partial charge in [-0.3, -0.25) is 4.79 Å². The summed E-state index contributed by atoms with van der Waals surface area (Å²) in [6.07, 6.45) is 0.999. The van der Waals surface area contributed by atoms with Crippen LogP contribution in [0.4, 0.5) is 5.69 Å². The minimum absolute atomic E-state index is 0. The third-order valence-electron chi connectivity index (χ3n) is 3.50. The number of hydrogen-bond acceptors (Lipinski definition) is 3. The fourth-order valence-corrected chi connectivity index (χ4v) is 2.54. The number of benzene rings is 1. The quantitative estimate of drug-likeness (QED) is 0.878. The van der Waals surface area contributed by atoms with Crippen molar-refractivity contribution in [1.29, 1.82) is 0 Å². The summed E-state index contributed by atoms with van der Waals surface area (Å²) < 4.78 is 5.11. The van der Waals surface area contributed by atoms with Crippen LogP contribution in [0, 0.1) is 5.92 Å². The molecule has 0 unspecified atom stereocenters. The first kappa shape index (κ1) is 17.8. The zero-order chi connectivity index (χ0) is 14.5. The van der Waals surface area contributed by atoms with Crippen LogP contribution in [0.5, 0.6) is 0 Å². The van der Waals surface area contributed by atoms with Gasteiger partial charge in [-0.2, -0.15) is 0 Å². The van der Waals surface area contributed by atoms with Crippen LogP contribution in [0.1, 0.15) is 29.8 Å². The van der Waals surface area contributed by atoms with Gasteiger partial charge < -0.3 is 15.0 Å².